The number of halogens is 1. The van der Waals surface area contributed by atoms with Gasteiger partial charge in [-0.1, -0.05) is 25.5 Å². The zero-order valence-corrected chi connectivity index (χ0v) is 9.55. The van der Waals surface area contributed by atoms with Gasteiger partial charge >= 0.3 is 0 Å². The maximum Gasteiger partial charge on any atom is 0.119 e. The zero-order chi connectivity index (χ0) is 10.4. The van der Waals surface area contributed by atoms with Gasteiger partial charge in [-0.15, -0.1) is 11.6 Å². The fraction of sp³-hybridized carbons (Fsp3) is 0.500. The summed E-state index contributed by atoms with van der Waals surface area (Å²) in [5, 5.41) is 0. The minimum Gasteiger partial charge on any atom is -0.491 e. The SMILES string of the molecule is CCCC(C)Oc1ccc(CCl)cc1. The van der Waals surface area contributed by atoms with Crippen LogP contribution in [0.4, 0.5) is 0 Å². The Labute approximate surface area is 91.0 Å². The molecule has 0 aromatic heterocycles. The van der Waals surface area contributed by atoms with E-state index in [1.54, 1.807) is 0 Å². The van der Waals surface area contributed by atoms with Crippen molar-refractivity contribution >= 4 is 11.6 Å². The van der Waals surface area contributed by atoms with Crippen LogP contribution in [0.3, 0.4) is 0 Å². The molecule has 0 aliphatic carbocycles. The average molecular weight is 213 g/mol. The Morgan fingerprint density at radius 3 is 2.43 bits per heavy atom. The fourth-order valence-corrected chi connectivity index (χ4v) is 1.53. The van der Waals surface area contributed by atoms with Gasteiger partial charge in [0.25, 0.3) is 0 Å². The second-order valence-electron chi connectivity index (χ2n) is 3.49. The van der Waals surface area contributed by atoms with Crippen LogP contribution >= 0.6 is 11.6 Å². The summed E-state index contributed by atoms with van der Waals surface area (Å²) in [6, 6.07) is 7.95. The highest BCUT2D eigenvalue weighted by Gasteiger charge is 2.01. The van der Waals surface area contributed by atoms with Gasteiger partial charge in [0.05, 0.1) is 6.10 Å². The van der Waals surface area contributed by atoms with Gasteiger partial charge in [0.1, 0.15) is 5.75 Å². The average Bonchev–Trinajstić information content (AvgIpc) is 2.19. The van der Waals surface area contributed by atoms with Crippen molar-refractivity contribution in [3.8, 4) is 5.75 Å². The van der Waals surface area contributed by atoms with Crippen molar-refractivity contribution in [2.45, 2.75) is 38.7 Å². The number of benzene rings is 1. The summed E-state index contributed by atoms with van der Waals surface area (Å²) in [5.41, 5.74) is 1.13. The van der Waals surface area contributed by atoms with Crippen LogP contribution in [-0.2, 0) is 5.88 Å². The van der Waals surface area contributed by atoms with Crippen molar-refractivity contribution in [1.82, 2.24) is 0 Å². The molecule has 14 heavy (non-hydrogen) atoms. The van der Waals surface area contributed by atoms with Gasteiger partial charge in [-0.3, -0.25) is 0 Å². The van der Waals surface area contributed by atoms with E-state index in [4.69, 9.17) is 16.3 Å². The lowest BCUT2D eigenvalue weighted by Crippen LogP contribution is -2.10. The summed E-state index contributed by atoms with van der Waals surface area (Å²) in [6.45, 7) is 4.26. The molecule has 0 bridgehead atoms. The summed E-state index contributed by atoms with van der Waals surface area (Å²) in [6.07, 6.45) is 2.54. The molecule has 1 atom stereocenters. The maximum absolute atomic E-state index is 5.71. The molecule has 0 radical (unpaired) electrons. The highest BCUT2D eigenvalue weighted by atomic mass is 35.5. The molecule has 0 fully saturated rings. The van der Waals surface area contributed by atoms with Crippen LogP contribution in [0.1, 0.15) is 32.3 Å². The van der Waals surface area contributed by atoms with E-state index in [1.165, 1.54) is 0 Å². The second-order valence-corrected chi connectivity index (χ2v) is 3.76. The summed E-state index contributed by atoms with van der Waals surface area (Å²) < 4.78 is 5.71. The molecule has 0 aliphatic rings. The van der Waals surface area contributed by atoms with Gasteiger partial charge in [0.15, 0.2) is 0 Å². The van der Waals surface area contributed by atoms with Crippen LogP contribution in [0.5, 0.6) is 5.75 Å². The first kappa shape index (κ1) is 11.4. The lowest BCUT2D eigenvalue weighted by atomic mass is 10.2. The Morgan fingerprint density at radius 2 is 1.93 bits per heavy atom. The molecule has 0 saturated heterocycles. The van der Waals surface area contributed by atoms with Crippen molar-refractivity contribution < 1.29 is 4.74 Å². The van der Waals surface area contributed by atoms with E-state index in [9.17, 15) is 0 Å². The minimum atomic E-state index is 0.293. The molecule has 1 rings (SSSR count). The molecular weight excluding hydrogens is 196 g/mol. The van der Waals surface area contributed by atoms with Gasteiger partial charge in [-0.2, -0.15) is 0 Å². The van der Waals surface area contributed by atoms with E-state index in [1.807, 2.05) is 24.3 Å². The number of hydrogen-bond donors (Lipinski definition) is 0. The molecule has 0 heterocycles. The zero-order valence-electron chi connectivity index (χ0n) is 8.79. The topological polar surface area (TPSA) is 9.23 Å². The molecule has 0 N–H and O–H groups in total. The van der Waals surface area contributed by atoms with Crippen molar-refractivity contribution in [1.29, 1.82) is 0 Å². The molecule has 2 heteroatoms. The van der Waals surface area contributed by atoms with Crippen LogP contribution in [0.2, 0.25) is 0 Å². The third-order valence-electron chi connectivity index (χ3n) is 2.11. The monoisotopic (exact) mass is 212 g/mol. The van der Waals surface area contributed by atoms with Crippen molar-refractivity contribution in [2.75, 3.05) is 0 Å². The Morgan fingerprint density at radius 1 is 1.29 bits per heavy atom. The van der Waals surface area contributed by atoms with Gasteiger partial charge < -0.3 is 4.74 Å². The number of ether oxygens (including phenoxy) is 1. The summed E-state index contributed by atoms with van der Waals surface area (Å²) >= 11 is 5.69. The predicted molar refractivity (Wildman–Crippen MR) is 61.0 cm³/mol. The van der Waals surface area contributed by atoms with Crippen LogP contribution in [-0.4, -0.2) is 6.10 Å². The third kappa shape index (κ3) is 3.59. The predicted octanol–water partition coefficient (Wildman–Crippen LogP) is 3.99. The van der Waals surface area contributed by atoms with E-state index in [0.29, 0.717) is 12.0 Å². The maximum atomic E-state index is 5.71. The molecule has 0 aliphatic heterocycles. The first-order valence-corrected chi connectivity index (χ1v) is 5.61. The minimum absolute atomic E-state index is 0.293. The highest BCUT2D eigenvalue weighted by molar-refractivity contribution is 6.17. The quantitative estimate of drug-likeness (QED) is 0.671. The molecule has 0 amide bonds. The molecular formula is C12H17ClO. The Balaban J connectivity index is 2.50. The van der Waals surface area contributed by atoms with Crippen LogP contribution in [0, 0.1) is 0 Å². The molecule has 1 unspecified atom stereocenters. The van der Waals surface area contributed by atoms with E-state index in [-0.39, 0.29) is 0 Å². The Kier molecular flexibility index (Phi) is 4.81. The Hall–Kier alpha value is -0.690. The fourth-order valence-electron chi connectivity index (χ4n) is 1.35. The molecule has 0 spiro atoms. The van der Waals surface area contributed by atoms with Gasteiger partial charge in [-0.25, -0.2) is 0 Å². The standard InChI is InChI=1S/C12H17ClO/c1-3-4-10(2)14-12-7-5-11(9-13)6-8-12/h5-8,10H,3-4,9H2,1-2H3. The van der Waals surface area contributed by atoms with Crippen molar-refractivity contribution in [2.24, 2.45) is 0 Å². The molecule has 1 nitrogen and oxygen atoms in total. The van der Waals surface area contributed by atoms with Crippen LogP contribution in [0.25, 0.3) is 0 Å². The highest BCUT2D eigenvalue weighted by Crippen LogP contribution is 2.16. The van der Waals surface area contributed by atoms with Crippen LogP contribution < -0.4 is 4.74 Å². The van der Waals surface area contributed by atoms with Crippen molar-refractivity contribution in [3.05, 3.63) is 29.8 Å². The summed E-state index contributed by atoms with van der Waals surface area (Å²) in [4.78, 5) is 0. The van der Waals surface area contributed by atoms with Gasteiger partial charge in [0.2, 0.25) is 0 Å². The molecule has 0 saturated carbocycles. The Bertz CT molecular complexity index is 256. The lowest BCUT2D eigenvalue weighted by molar-refractivity contribution is 0.210. The first-order chi connectivity index (χ1) is 6.76. The number of rotatable bonds is 5. The van der Waals surface area contributed by atoms with E-state index in [2.05, 4.69) is 13.8 Å². The van der Waals surface area contributed by atoms with Gasteiger partial charge in [-0.05, 0) is 31.0 Å². The molecule has 78 valence electrons. The van der Waals surface area contributed by atoms with E-state index < -0.39 is 0 Å². The molecule has 1 aromatic carbocycles. The smallest absolute Gasteiger partial charge is 0.119 e. The summed E-state index contributed by atoms with van der Waals surface area (Å²) in [5.74, 6) is 1.49. The lowest BCUT2D eigenvalue weighted by Gasteiger charge is -2.13. The van der Waals surface area contributed by atoms with Crippen LogP contribution in [0.15, 0.2) is 24.3 Å². The number of alkyl halides is 1. The first-order valence-electron chi connectivity index (χ1n) is 5.07. The summed E-state index contributed by atoms with van der Waals surface area (Å²) in [7, 11) is 0. The largest absolute Gasteiger partial charge is 0.491 e. The normalized spacial score (nSPS) is 12.5. The molecule has 1 aromatic rings. The number of hydrogen-bond acceptors (Lipinski definition) is 1. The van der Waals surface area contributed by atoms with Crippen molar-refractivity contribution in [3.63, 3.8) is 0 Å². The van der Waals surface area contributed by atoms with E-state index >= 15 is 0 Å². The van der Waals surface area contributed by atoms with Gasteiger partial charge in [0, 0.05) is 5.88 Å². The van der Waals surface area contributed by atoms with E-state index in [0.717, 1.165) is 24.2 Å². The third-order valence-corrected chi connectivity index (χ3v) is 2.42. The second kappa shape index (κ2) is 5.92.